The Balaban J connectivity index is 1.83. The van der Waals surface area contributed by atoms with Crippen LogP contribution in [0.15, 0.2) is 34.0 Å². The third-order valence-electron chi connectivity index (χ3n) is 5.28. The van der Waals surface area contributed by atoms with Crippen LogP contribution in [0, 0.1) is 0 Å². The largest absolute Gasteiger partial charge is 0.477 e. The first kappa shape index (κ1) is 29.2. The van der Waals surface area contributed by atoms with Crippen molar-refractivity contribution < 1.29 is 33.9 Å². The predicted octanol–water partition coefficient (Wildman–Crippen LogP) is 2.27. The van der Waals surface area contributed by atoms with Gasteiger partial charge >= 0.3 is 11.9 Å². The molecule has 0 spiro atoms. The number of carboxylic acid groups (broad SMARTS) is 1. The Labute approximate surface area is 228 Å². The maximum atomic E-state index is 13.3. The van der Waals surface area contributed by atoms with Crippen molar-refractivity contribution in [3.05, 3.63) is 34.5 Å². The highest BCUT2D eigenvalue weighted by molar-refractivity contribution is 8.00. The summed E-state index contributed by atoms with van der Waals surface area (Å²) in [6.45, 7) is 9.91. The second-order valence-electron chi connectivity index (χ2n) is 9.96. The molecule has 3 rings (SSSR count). The van der Waals surface area contributed by atoms with Gasteiger partial charge in [0.15, 0.2) is 10.8 Å². The number of aromatic nitrogens is 1. The zero-order valence-electron chi connectivity index (χ0n) is 21.9. The van der Waals surface area contributed by atoms with Crippen LogP contribution in [0.4, 0.5) is 5.13 Å². The average Bonchev–Trinajstić information content (AvgIpc) is 3.24. The number of fused-ring (bicyclic) bond motifs is 1. The number of nitrogens with two attached hydrogens (primary N) is 1. The van der Waals surface area contributed by atoms with Gasteiger partial charge in [-0.05, 0) is 46.6 Å². The second-order valence-corrected chi connectivity index (χ2v) is 12.0. The molecule has 38 heavy (non-hydrogen) atoms. The SMILES string of the molecule is CC/C=C/C1=C(C(=O)O)N2C(=O)[C@@H](NC(=O)/C(=N\OC(C)(C)C(=O)OC(C)(C)C)c3csc(N)n3)C2SC1. The number of nitrogens with one attached hydrogen (secondary N) is 1. The van der Waals surface area contributed by atoms with Crippen LogP contribution in [0.1, 0.15) is 53.7 Å². The van der Waals surface area contributed by atoms with Gasteiger partial charge in [-0.3, -0.25) is 14.5 Å². The zero-order valence-corrected chi connectivity index (χ0v) is 23.6. The van der Waals surface area contributed by atoms with Crippen LogP contribution in [-0.2, 0) is 28.8 Å². The van der Waals surface area contributed by atoms with E-state index in [2.05, 4.69) is 15.5 Å². The van der Waals surface area contributed by atoms with Crippen molar-refractivity contribution in [1.82, 2.24) is 15.2 Å². The summed E-state index contributed by atoms with van der Waals surface area (Å²) in [6, 6.07) is -1.00. The van der Waals surface area contributed by atoms with E-state index in [1.807, 2.05) is 13.0 Å². The lowest BCUT2D eigenvalue weighted by molar-refractivity contribution is -0.179. The Morgan fingerprint density at radius 2 is 2.00 bits per heavy atom. The van der Waals surface area contributed by atoms with Crippen LogP contribution in [0.5, 0.6) is 0 Å². The predicted molar refractivity (Wildman–Crippen MR) is 143 cm³/mol. The summed E-state index contributed by atoms with van der Waals surface area (Å²) in [5, 5.41) is 17.3. The minimum Gasteiger partial charge on any atom is -0.477 e. The molecule has 0 aliphatic carbocycles. The number of aliphatic carboxylic acids is 1. The smallest absolute Gasteiger partial charge is 0.353 e. The van der Waals surface area contributed by atoms with Gasteiger partial charge in [-0.25, -0.2) is 14.6 Å². The zero-order chi connectivity index (χ0) is 28.4. The first-order valence-corrected chi connectivity index (χ1v) is 13.7. The Bertz CT molecular complexity index is 1230. The van der Waals surface area contributed by atoms with Gasteiger partial charge in [0.1, 0.15) is 28.4 Å². The van der Waals surface area contributed by atoms with Crippen LogP contribution in [-0.4, -0.2) is 72.8 Å². The van der Waals surface area contributed by atoms with Gasteiger partial charge in [-0.2, -0.15) is 0 Å². The molecule has 14 heteroatoms. The lowest BCUT2D eigenvalue weighted by Crippen LogP contribution is -2.71. The first-order valence-electron chi connectivity index (χ1n) is 11.8. The van der Waals surface area contributed by atoms with Crippen molar-refractivity contribution >= 4 is 57.7 Å². The average molecular weight is 566 g/mol. The molecule has 4 N–H and O–H groups in total. The number of β-lactam (4-membered cyclic amide) rings is 1. The summed E-state index contributed by atoms with van der Waals surface area (Å²) < 4.78 is 5.35. The Morgan fingerprint density at radius 1 is 1.32 bits per heavy atom. The molecule has 12 nitrogen and oxygen atoms in total. The van der Waals surface area contributed by atoms with Gasteiger partial charge in [-0.15, -0.1) is 23.1 Å². The molecular formula is C24H31N5O7S2. The summed E-state index contributed by atoms with van der Waals surface area (Å²) >= 11 is 2.40. The number of carboxylic acids is 1. The van der Waals surface area contributed by atoms with Gasteiger partial charge in [-0.1, -0.05) is 24.2 Å². The second kappa shape index (κ2) is 11.2. The number of rotatable bonds is 9. The minimum absolute atomic E-state index is 0.0861. The van der Waals surface area contributed by atoms with E-state index in [-0.39, 0.29) is 22.2 Å². The number of hydrogen-bond donors (Lipinski definition) is 3. The molecule has 2 amide bonds. The fourth-order valence-electron chi connectivity index (χ4n) is 3.44. The fourth-order valence-corrected chi connectivity index (χ4v) is 5.31. The number of oxime groups is 1. The lowest BCUT2D eigenvalue weighted by atomic mass is 10.0. The summed E-state index contributed by atoms with van der Waals surface area (Å²) in [7, 11) is 0. The minimum atomic E-state index is -1.55. The van der Waals surface area contributed by atoms with Gasteiger partial charge in [0, 0.05) is 11.1 Å². The molecule has 0 bridgehead atoms. The maximum absolute atomic E-state index is 13.3. The summed E-state index contributed by atoms with van der Waals surface area (Å²) in [5.74, 6) is -2.93. The number of nitrogen functional groups attached to an aromatic ring is 1. The van der Waals surface area contributed by atoms with Crippen LogP contribution in [0.3, 0.4) is 0 Å². The number of thioether (sulfide) groups is 1. The number of hydrogen-bond acceptors (Lipinski definition) is 11. The van der Waals surface area contributed by atoms with E-state index in [0.29, 0.717) is 17.7 Å². The van der Waals surface area contributed by atoms with E-state index in [1.54, 1.807) is 26.8 Å². The van der Waals surface area contributed by atoms with E-state index in [0.717, 1.165) is 11.3 Å². The molecule has 0 aromatic carbocycles. The Kier molecular flexibility index (Phi) is 8.56. The van der Waals surface area contributed by atoms with E-state index in [1.165, 1.54) is 35.9 Å². The Morgan fingerprint density at radius 3 is 2.55 bits per heavy atom. The molecule has 206 valence electrons. The van der Waals surface area contributed by atoms with Crippen molar-refractivity contribution in [2.45, 2.75) is 70.6 Å². The van der Waals surface area contributed by atoms with Crippen LogP contribution < -0.4 is 11.1 Å². The molecule has 0 radical (unpaired) electrons. The number of esters is 1. The molecular weight excluding hydrogens is 534 g/mol. The third kappa shape index (κ3) is 6.35. The first-order chi connectivity index (χ1) is 17.7. The number of carbonyl (C=O) groups excluding carboxylic acids is 3. The van der Waals surface area contributed by atoms with Crippen molar-refractivity contribution in [2.75, 3.05) is 11.5 Å². The highest BCUT2D eigenvalue weighted by atomic mass is 32.2. The van der Waals surface area contributed by atoms with Gasteiger partial charge in [0.05, 0.1) is 0 Å². The molecule has 1 fully saturated rings. The molecule has 3 heterocycles. The normalized spacial score (nSPS) is 20.2. The fraction of sp³-hybridized carbons (Fsp3) is 0.500. The molecule has 2 aliphatic heterocycles. The number of amides is 2. The molecule has 2 atom stereocenters. The maximum Gasteiger partial charge on any atom is 0.353 e. The van der Waals surface area contributed by atoms with Crippen molar-refractivity contribution in [1.29, 1.82) is 0 Å². The third-order valence-corrected chi connectivity index (χ3v) is 7.25. The number of thiazole rings is 1. The number of ether oxygens (including phenoxy) is 1. The summed E-state index contributed by atoms with van der Waals surface area (Å²) in [4.78, 5) is 61.4. The van der Waals surface area contributed by atoms with Gasteiger partial charge < -0.3 is 25.7 Å². The highest BCUT2D eigenvalue weighted by Crippen LogP contribution is 2.40. The van der Waals surface area contributed by atoms with Crippen molar-refractivity contribution in [2.24, 2.45) is 5.16 Å². The van der Waals surface area contributed by atoms with Crippen LogP contribution in [0.2, 0.25) is 0 Å². The van der Waals surface area contributed by atoms with E-state index < -0.39 is 46.4 Å². The van der Waals surface area contributed by atoms with E-state index in [9.17, 15) is 24.3 Å². The molecule has 1 aromatic heterocycles. The van der Waals surface area contributed by atoms with Crippen molar-refractivity contribution in [3.63, 3.8) is 0 Å². The number of nitrogens with zero attached hydrogens (tertiary/aromatic N) is 3. The van der Waals surface area contributed by atoms with Crippen LogP contribution >= 0.6 is 23.1 Å². The van der Waals surface area contributed by atoms with Crippen molar-refractivity contribution in [3.8, 4) is 0 Å². The molecule has 0 saturated carbocycles. The topological polar surface area (TPSA) is 174 Å². The van der Waals surface area contributed by atoms with E-state index >= 15 is 0 Å². The summed E-state index contributed by atoms with van der Waals surface area (Å²) in [5.41, 5.74) is 3.62. The monoisotopic (exact) mass is 565 g/mol. The molecule has 1 saturated heterocycles. The van der Waals surface area contributed by atoms with Gasteiger partial charge in [0.2, 0.25) is 5.60 Å². The standard InChI is InChI=1S/C24H31N5O7S2/c1-7-8-9-12-10-37-19-15(18(31)29(19)16(12)20(32)33)27-17(30)14(13-11-38-22(25)26-13)28-36-24(5,6)21(34)35-23(2,3)4/h8-9,11,15,19H,7,10H2,1-6H3,(H2,25,26)(H,27,30)(H,32,33)/b9-8+,28-14-/t15-,19?/m1/s1. The highest BCUT2D eigenvalue weighted by Gasteiger charge is 2.54. The van der Waals surface area contributed by atoms with E-state index in [4.69, 9.17) is 15.3 Å². The van der Waals surface area contributed by atoms with Gasteiger partial charge in [0.25, 0.3) is 11.8 Å². The quantitative estimate of drug-likeness (QED) is 0.174. The number of carbonyl (C=O) groups is 4. The Hall–Kier alpha value is -3.39. The lowest BCUT2D eigenvalue weighted by Gasteiger charge is -2.49. The number of anilines is 1. The number of allylic oxidation sites excluding steroid dienone is 2. The summed E-state index contributed by atoms with van der Waals surface area (Å²) in [6.07, 6.45) is 4.24. The molecule has 1 aromatic rings. The van der Waals surface area contributed by atoms with Crippen LogP contribution in [0.25, 0.3) is 0 Å². The molecule has 1 unspecified atom stereocenters. The molecule has 2 aliphatic rings.